The molecule has 1 saturated heterocycles. The number of nitrogens with one attached hydrogen (secondary N) is 2. The first-order valence-corrected chi connectivity index (χ1v) is 9.14. The summed E-state index contributed by atoms with van der Waals surface area (Å²) in [6.45, 7) is 2.00. The van der Waals surface area contributed by atoms with Gasteiger partial charge in [-0.15, -0.1) is 0 Å². The van der Waals surface area contributed by atoms with E-state index in [-0.39, 0.29) is 5.54 Å². The van der Waals surface area contributed by atoms with Gasteiger partial charge in [0.15, 0.2) is 0 Å². The third-order valence-electron chi connectivity index (χ3n) is 5.46. The molecule has 2 fully saturated rings. The molecule has 0 bridgehead atoms. The van der Waals surface area contributed by atoms with Crippen molar-refractivity contribution in [2.75, 3.05) is 18.4 Å². The second kappa shape index (κ2) is 7.95. The first-order chi connectivity index (χ1) is 12.1. The lowest BCUT2D eigenvalue weighted by Gasteiger charge is -2.46. The highest BCUT2D eigenvalue weighted by Crippen LogP contribution is 2.38. The van der Waals surface area contributed by atoms with E-state index in [2.05, 4.69) is 15.6 Å². The standard InChI is InChI=1S/C19H26FN3O2/c20-16(18(24)25)11-14-7-8-17(22-12-14)23-19(9-4-10-21-13-19)15-5-2-1-3-6-15/h7-8,11-12,15,21H,1-6,9-10,13H2,(H,22,23)(H,24,25)/b16-11-/t19-/m0/s1. The fourth-order valence-electron chi connectivity index (χ4n) is 4.17. The van der Waals surface area contributed by atoms with Crippen LogP contribution in [0.2, 0.25) is 0 Å². The molecule has 1 aromatic rings. The number of carbonyl (C=O) groups is 1. The van der Waals surface area contributed by atoms with Gasteiger partial charge in [0.25, 0.3) is 0 Å². The molecular formula is C19H26FN3O2. The minimum atomic E-state index is -1.56. The third-order valence-corrected chi connectivity index (χ3v) is 5.46. The van der Waals surface area contributed by atoms with Crippen molar-refractivity contribution in [3.8, 4) is 0 Å². The van der Waals surface area contributed by atoms with E-state index in [1.807, 2.05) is 0 Å². The van der Waals surface area contributed by atoms with Crippen LogP contribution in [0, 0.1) is 5.92 Å². The van der Waals surface area contributed by atoms with Crippen LogP contribution in [0.15, 0.2) is 24.2 Å². The van der Waals surface area contributed by atoms with Gasteiger partial charge in [0.2, 0.25) is 5.83 Å². The highest BCUT2D eigenvalue weighted by Gasteiger charge is 2.40. The van der Waals surface area contributed by atoms with Crippen LogP contribution >= 0.6 is 0 Å². The van der Waals surface area contributed by atoms with Gasteiger partial charge in [-0.1, -0.05) is 19.3 Å². The Kier molecular flexibility index (Phi) is 5.68. The fraction of sp³-hybridized carbons (Fsp3) is 0.579. The summed E-state index contributed by atoms with van der Waals surface area (Å²) in [4.78, 5) is 14.9. The van der Waals surface area contributed by atoms with Crippen molar-refractivity contribution in [2.24, 2.45) is 5.92 Å². The molecule has 1 saturated carbocycles. The highest BCUT2D eigenvalue weighted by molar-refractivity contribution is 5.89. The number of hydrogen-bond donors (Lipinski definition) is 3. The molecular weight excluding hydrogens is 321 g/mol. The number of aliphatic carboxylic acids is 1. The first-order valence-electron chi connectivity index (χ1n) is 9.14. The lowest BCUT2D eigenvalue weighted by Crippen LogP contribution is -2.56. The average Bonchev–Trinajstić information content (AvgIpc) is 2.65. The monoisotopic (exact) mass is 347 g/mol. The maximum absolute atomic E-state index is 13.2. The Morgan fingerprint density at radius 1 is 1.32 bits per heavy atom. The van der Waals surface area contributed by atoms with Crippen LogP contribution in [-0.4, -0.2) is 34.7 Å². The molecule has 0 spiro atoms. The molecule has 25 heavy (non-hydrogen) atoms. The highest BCUT2D eigenvalue weighted by atomic mass is 19.1. The summed E-state index contributed by atoms with van der Waals surface area (Å²) >= 11 is 0. The zero-order valence-corrected chi connectivity index (χ0v) is 14.4. The van der Waals surface area contributed by atoms with Gasteiger partial charge in [-0.05, 0) is 61.9 Å². The van der Waals surface area contributed by atoms with Crippen molar-refractivity contribution < 1.29 is 14.3 Å². The molecule has 1 aliphatic carbocycles. The van der Waals surface area contributed by atoms with E-state index in [9.17, 15) is 9.18 Å². The van der Waals surface area contributed by atoms with Gasteiger partial charge in [-0.25, -0.2) is 9.78 Å². The summed E-state index contributed by atoms with van der Waals surface area (Å²) in [5.74, 6) is -1.34. The lowest BCUT2D eigenvalue weighted by molar-refractivity contribution is -0.134. The van der Waals surface area contributed by atoms with Gasteiger partial charge in [-0.2, -0.15) is 4.39 Å². The Morgan fingerprint density at radius 3 is 2.72 bits per heavy atom. The topological polar surface area (TPSA) is 74.2 Å². The number of hydrogen-bond acceptors (Lipinski definition) is 4. The van der Waals surface area contributed by atoms with Crippen LogP contribution < -0.4 is 10.6 Å². The second-order valence-corrected chi connectivity index (χ2v) is 7.17. The van der Waals surface area contributed by atoms with Gasteiger partial charge >= 0.3 is 5.97 Å². The number of carboxylic acid groups (broad SMARTS) is 1. The molecule has 3 N–H and O–H groups in total. The van der Waals surface area contributed by atoms with Crippen molar-refractivity contribution >= 4 is 17.9 Å². The predicted octanol–water partition coefficient (Wildman–Crippen LogP) is 3.59. The molecule has 6 heteroatoms. The summed E-state index contributed by atoms with van der Waals surface area (Å²) in [5, 5.41) is 15.8. The molecule has 136 valence electrons. The number of pyridine rings is 1. The van der Waals surface area contributed by atoms with Gasteiger partial charge < -0.3 is 15.7 Å². The van der Waals surface area contributed by atoms with Gasteiger partial charge in [-0.3, -0.25) is 0 Å². The van der Waals surface area contributed by atoms with Gasteiger partial charge in [0.1, 0.15) is 5.82 Å². The number of piperidine rings is 1. The molecule has 3 rings (SSSR count). The Bertz CT molecular complexity index is 618. The molecule has 0 unspecified atom stereocenters. The van der Waals surface area contributed by atoms with E-state index in [1.54, 1.807) is 12.1 Å². The van der Waals surface area contributed by atoms with E-state index < -0.39 is 11.8 Å². The zero-order valence-electron chi connectivity index (χ0n) is 14.4. The van der Waals surface area contributed by atoms with Crippen molar-refractivity contribution in [1.82, 2.24) is 10.3 Å². The second-order valence-electron chi connectivity index (χ2n) is 7.17. The number of aromatic nitrogens is 1. The Morgan fingerprint density at radius 2 is 2.12 bits per heavy atom. The molecule has 1 aromatic heterocycles. The molecule has 1 aliphatic heterocycles. The van der Waals surface area contributed by atoms with E-state index in [4.69, 9.17) is 5.11 Å². The predicted molar refractivity (Wildman–Crippen MR) is 96.0 cm³/mol. The minimum absolute atomic E-state index is 0.0232. The average molecular weight is 347 g/mol. The maximum Gasteiger partial charge on any atom is 0.364 e. The van der Waals surface area contributed by atoms with Crippen molar-refractivity contribution in [3.63, 3.8) is 0 Å². The summed E-state index contributed by atoms with van der Waals surface area (Å²) in [6, 6.07) is 3.50. The number of rotatable bonds is 5. The number of carboxylic acids is 1. The van der Waals surface area contributed by atoms with Gasteiger partial charge in [0, 0.05) is 12.7 Å². The van der Waals surface area contributed by atoms with Crippen LogP contribution in [0.25, 0.3) is 6.08 Å². The Hall–Kier alpha value is -1.95. The van der Waals surface area contributed by atoms with Crippen LogP contribution in [0.5, 0.6) is 0 Å². The Balaban J connectivity index is 1.75. The van der Waals surface area contributed by atoms with E-state index in [0.717, 1.165) is 37.8 Å². The molecule has 1 atom stereocenters. The smallest absolute Gasteiger partial charge is 0.364 e. The SMILES string of the molecule is O=C(O)/C(F)=C/c1ccc(N[C@@]2(C3CCCCC3)CCCNC2)nc1. The molecule has 0 aromatic carbocycles. The summed E-state index contributed by atoms with van der Waals surface area (Å²) < 4.78 is 13.2. The molecule has 0 amide bonds. The van der Waals surface area contributed by atoms with Crippen LogP contribution in [0.4, 0.5) is 10.2 Å². The third kappa shape index (κ3) is 4.37. The molecule has 2 heterocycles. The van der Waals surface area contributed by atoms with Crippen LogP contribution in [0.3, 0.4) is 0 Å². The van der Waals surface area contributed by atoms with Crippen LogP contribution in [-0.2, 0) is 4.79 Å². The van der Waals surface area contributed by atoms with Crippen molar-refractivity contribution in [3.05, 3.63) is 29.7 Å². The summed E-state index contributed by atoms with van der Waals surface area (Å²) in [5.41, 5.74) is 0.467. The molecule has 0 radical (unpaired) electrons. The summed E-state index contributed by atoms with van der Waals surface area (Å²) in [7, 11) is 0. The zero-order chi connectivity index (χ0) is 17.7. The first kappa shape index (κ1) is 17.9. The summed E-state index contributed by atoms with van der Waals surface area (Å²) in [6.07, 6.45) is 11.2. The van der Waals surface area contributed by atoms with E-state index in [1.165, 1.54) is 38.3 Å². The maximum atomic E-state index is 13.2. The Labute approximate surface area is 147 Å². The largest absolute Gasteiger partial charge is 0.476 e. The fourth-order valence-corrected chi connectivity index (χ4v) is 4.17. The van der Waals surface area contributed by atoms with Crippen LogP contribution in [0.1, 0.15) is 50.5 Å². The van der Waals surface area contributed by atoms with Gasteiger partial charge in [0.05, 0.1) is 5.54 Å². The minimum Gasteiger partial charge on any atom is -0.476 e. The van der Waals surface area contributed by atoms with E-state index >= 15 is 0 Å². The number of nitrogens with zero attached hydrogens (tertiary/aromatic N) is 1. The number of halogens is 1. The molecule has 5 nitrogen and oxygen atoms in total. The van der Waals surface area contributed by atoms with Crippen molar-refractivity contribution in [1.29, 1.82) is 0 Å². The quantitative estimate of drug-likeness (QED) is 0.710. The van der Waals surface area contributed by atoms with Crippen molar-refractivity contribution in [2.45, 2.75) is 50.5 Å². The number of anilines is 1. The molecule has 2 aliphatic rings. The lowest BCUT2D eigenvalue weighted by atomic mass is 9.71. The van der Waals surface area contributed by atoms with E-state index in [0.29, 0.717) is 11.5 Å². The normalized spacial score (nSPS) is 25.6.